The number of hydrogen-bond acceptors (Lipinski definition) is 8. The fourth-order valence-corrected chi connectivity index (χ4v) is 7.05. The summed E-state index contributed by atoms with van der Waals surface area (Å²) in [5.41, 5.74) is 0.772. The number of sulfonamides is 1. The molecule has 1 atom stereocenters. The largest absolute Gasteiger partial charge is 0.497 e. The van der Waals surface area contributed by atoms with Crippen molar-refractivity contribution < 1.29 is 37.0 Å². The molecule has 13 heteroatoms. The number of amides is 2. The van der Waals surface area contributed by atoms with Crippen LogP contribution in [0.25, 0.3) is 0 Å². The third kappa shape index (κ3) is 9.65. The van der Waals surface area contributed by atoms with Gasteiger partial charge in [0.1, 0.15) is 24.1 Å². The lowest BCUT2D eigenvalue weighted by molar-refractivity contribution is -0.140. The molecule has 0 aromatic heterocycles. The maximum absolute atomic E-state index is 14.9. The summed E-state index contributed by atoms with van der Waals surface area (Å²) in [6, 6.07) is 24.0. The van der Waals surface area contributed by atoms with Gasteiger partial charge in [-0.15, -0.1) is 0 Å². The molecule has 0 bridgehead atoms. The summed E-state index contributed by atoms with van der Waals surface area (Å²) in [6.07, 6.45) is 0.143. The van der Waals surface area contributed by atoms with Crippen LogP contribution in [0.4, 0.5) is 5.69 Å². The molecule has 51 heavy (non-hydrogen) atoms. The minimum Gasteiger partial charge on any atom is -0.497 e. The van der Waals surface area contributed by atoms with Crippen molar-refractivity contribution in [3.05, 3.63) is 107 Å². The van der Waals surface area contributed by atoms with E-state index in [1.807, 2.05) is 51.1 Å². The molecule has 0 aliphatic carbocycles. The highest BCUT2D eigenvalue weighted by molar-refractivity contribution is 7.92. The normalized spacial score (nSPS) is 12.0. The molecule has 0 radical (unpaired) electrons. The Morgan fingerprint density at radius 1 is 0.784 bits per heavy atom. The summed E-state index contributed by atoms with van der Waals surface area (Å²) in [5.74, 6) is -0.113. The maximum Gasteiger partial charge on any atom is 0.265 e. The number of halogens is 1. The number of methoxy groups -OCH3 is 4. The number of nitrogens with one attached hydrogen (secondary N) is 1. The second kappa shape index (κ2) is 16.8. The van der Waals surface area contributed by atoms with E-state index in [4.69, 9.17) is 30.5 Å². The number of rotatable bonds is 15. The van der Waals surface area contributed by atoms with Gasteiger partial charge in [-0.3, -0.25) is 13.9 Å². The molecule has 4 rings (SSSR count). The van der Waals surface area contributed by atoms with Crippen molar-refractivity contribution in [3.63, 3.8) is 0 Å². The average molecular weight is 738 g/mol. The van der Waals surface area contributed by atoms with Crippen molar-refractivity contribution in [2.75, 3.05) is 39.3 Å². The van der Waals surface area contributed by atoms with Gasteiger partial charge >= 0.3 is 0 Å². The lowest BCUT2D eigenvalue weighted by Gasteiger charge is -2.35. The van der Waals surface area contributed by atoms with Crippen LogP contribution < -0.4 is 28.6 Å². The highest BCUT2D eigenvalue weighted by Gasteiger charge is 2.37. The Bertz CT molecular complexity index is 1930. The summed E-state index contributed by atoms with van der Waals surface area (Å²) in [6.45, 7) is 4.72. The molecule has 2 amide bonds. The van der Waals surface area contributed by atoms with Crippen molar-refractivity contribution in [2.45, 2.75) is 50.2 Å². The molecular formula is C38H44ClN3O8S. The van der Waals surface area contributed by atoms with Gasteiger partial charge in [0.05, 0.1) is 39.0 Å². The lowest BCUT2D eigenvalue weighted by atomic mass is 10.0. The van der Waals surface area contributed by atoms with Gasteiger partial charge in [0.25, 0.3) is 10.0 Å². The third-order valence-electron chi connectivity index (χ3n) is 7.94. The van der Waals surface area contributed by atoms with Gasteiger partial charge in [0.15, 0.2) is 11.5 Å². The number of carbonyl (C=O) groups excluding carboxylic acids is 2. The van der Waals surface area contributed by atoms with E-state index in [1.165, 1.54) is 57.6 Å². The lowest BCUT2D eigenvalue weighted by Crippen LogP contribution is -2.56. The van der Waals surface area contributed by atoms with Gasteiger partial charge in [-0.1, -0.05) is 60.1 Å². The van der Waals surface area contributed by atoms with Gasteiger partial charge in [0.2, 0.25) is 11.8 Å². The van der Waals surface area contributed by atoms with Crippen LogP contribution in [0.5, 0.6) is 23.0 Å². The van der Waals surface area contributed by atoms with Crippen molar-refractivity contribution in [1.82, 2.24) is 10.2 Å². The SMILES string of the molecule is COc1ccc(OC)c(N(CC(=O)N(Cc2ccccc2Cl)C(Cc2ccccc2)C(=O)NC(C)(C)C)S(=O)(=O)c2ccc(OC)c(OC)c2)c1. The van der Waals surface area contributed by atoms with Crippen molar-refractivity contribution >= 4 is 39.1 Å². The Hall–Kier alpha value is -4.94. The average Bonchev–Trinajstić information content (AvgIpc) is 3.11. The zero-order valence-corrected chi connectivity index (χ0v) is 31.4. The molecule has 1 N–H and O–H groups in total. The molecule has 0 fully saturated rings. The van der Waals surface area contributed by atoms with Gasteiger partial charge < -0.3 is 29.2 Å². The number of benzene rings is 4. The van der Waals surface area contributed by atoms with E-state index < -0.39 is 40.0 Å². The first-order valence-electron chi connectivity index (χ1n) is 16.1. The van der Waals surface area contributed by atoms with Crippen LogP contribution in [0.1, 0.15) is 31.9 Å². The minimum absolute atomic E-state index is 0.0384. The van der Waals surface area contributed by atoms with E-state index in [-0.39, 0.29) is 35.0 Å². The number of anilines is 1. The van der Waals surface area contributed by atoms with Gasteiger partial charge in [0, 0.05) is 35.7 Å². The Balaban J connectivity index is 1.92. The molecule has 0 saturated carbocycles. The zero-order valence-electron chi connectivity index (χ0n) is 29.8. The molecule has 0 spiro atoms. The molecule has 272 valence electrons. The smallest absolute Gasteiger partial charge is 0.265 e. The Labute approximate surface area is 305 Å². The van der Waals surface area contributed by atoms with Gasteiger partial charge in [-0.05, 0) is 62.2 Å². The Morgan fingerprint density at radius 3 is 2.02 bits per heavy atom. The van der Waals surface area contributed by atoms with E-state index in [1.54, 1.807) is 36.4 Å². The third-order valence-corrected chi connectivity index (χ3v) is 10.1. The molecule has 4 aromatic rings. The number of carbonyl (C=O) groups is 2. The Morgan fingerprint density at radius 2 is 1.41 bits per heavy atom. The topological polar surface area (TPSA) is 124 Å². The molecule has 0 aliphatic rings. The van der Waals surface area contributed by atoms with E-state index in [0.717, 1.165) is 9.87 Å². The Kier molecular flexibility index (Phi) is 12.8. The zero-order chi connectivity index (χ0) is 37.3. The maximum atomic E-state index is 14.9. The highest BCUT2D eigenvalue weighted by atomic mass is 35.5. The van der Waals surface area contributed by atoms with E-state index in [9.17, 15) is 18.0 Å². The van der Waals surface area contributed by atoms with Crippen molar-refractivity contribution in [3.8, 4) is 23.0 Å². The van der Waals surface area contributed by atoms with Crippen molar-refractivity contribution in [2.24, 2.45) is 0 Å². The van der Waals surface area contributed by atoms with Crippen LogP contribution in [0, 0.1) is 0 Å². The molecule has 11 nitrogen and oxygen atoms in total. The molecule has 0 saturated heterocycles. The van der Waals surface area contributed by atoms with Crippen molar-refractivity contribution in [1.29, 1.82) is 0 Å². The summed E-state index contributed by atoms with van der Waals surface area (Å²) in [5, 5.41) is 3.40. The van der Waals surface area contributed by atoms with E-state index >= 15 is 0 Å². The predicted molar refractivity (Wildman–Crippen MR) is 197 cm³/mol. The fraction of sp³-hybridized carbons (Fsp3) is 0.316. The van der Waals surface area contributed by atoms with Gasteiger partial charge in [-0.2, -0.15) is 0 Å². The standard InChI is InChI=1S/C38H44ClN3O8S/c1-38(2,3)40-37(44)32(21-26-13-9-8-10-14-26)41(24-27-15-11-12-16-30(27)39)36(43)25-42(31-22-28(47-4)17-19-33(31)48-5)51(45,46)29-18-20-34(49-6)35(23-29)50-7/h8-20,22-23,32H,21,24-25H2,1-7H3,(H,40,44). The number of ether oxygens (including phenoxy) is 4. The summed E-state index contributed by atoms with van der Waals surface area (Å²) in [7, 11) is 1.14. The predicted octanol–water partition coefficient (Wildman–Crippen LogP) is 6.12. The first-order valence-corrected chi connectivity index (χ1v) is 17.9. The van der Waals surface area contributed by atoms with E-state index in [0.29, 0.717) is 22.1 Å². The van der Waals surface area contributed by atoms with Crippen LogP contribution >= 0.6 is 11.6 Å². The highest BCUT2D eigenvalue weighted by Crippen LogP contribution is 2.38. The van der Waals surface area contributed by atoms with E-state index in [2.05, 4.69) is 5.32 Å². The molecule has 1 unspecified atom stereocenters. The monoisotopic (exact) mass is 737 g/mol. The molecular weight excluding hydrogens is 694 g/mol. The fourth-order valence-electron chi connectivity index (χ4n) is 5.43. The number of hydrogen-bond donors (Lipinski definition) is 1. The van der Waals surface area contributed by atoms with Crippen LogP contribution in [-0.4, -0.2) is 71.7 Å². The van der Waals surface area contributed by atoms with Crippen LogP contribution in [0.2, 0.25) is 5.02 Å². The minimum atomic E-state index is -4.52. The molecule has 4 aromatic carbocycles. The van der Waals surface area contributed by atoms with Gasteiger partial charge in [-0.25, -0.2) is 8.42 Å². The van der Waals surface area contributed by atoms with Crippen LogP contribution in [0.3, 0.4) is 0 Å². The number of nitrogens with zero attached hydrogens (tertiary/aromatic N) is 2. The van der Waals surface area contributed by atoms with Crippen LogP contribution in [-0.2, 0) is 32.6 Å². The summed E-state index contributed by atoms with van der Waals surface area (Å²) >= 11 is 6.61. The summed E-state index contributed by atoms with van der Waals surface area (Å²) in [4.78, 5) is 30.2. The quantitative estimate of drug-likeness (QED) is 0.155. The van der Waals surface area contributed by atoms with Crippen LogP contribution in [0.15, 0.2) is 95.9 Å². The first-order chi connectivity index (χ1) is 24.2. The second-order valence-corrected chi connectivity index (χ2v) is 14.9. The molecule has 0 heterocycles. The molecule has 0 aliphatic heterocycles. The summed E-state index contributed by atoms with van der Waals surface area (Å²) < 4.78 is 52.1. The second-order valence-electron chi connectivity index (χ2n) is 12.6. The first kappa shape index (κ1) is 38.9.